The molecule has 4 aromatic carbocycles. The molecule has 6 rings (SSSR count). The molecule has 12 heteroatoms. The van der Waals surface area contributed by atoms with Gasteiger partial charge in [0.1, 0.15) is 0 Å². The number of carbonyl (C=O) groups is 1. The molecule has 0 aliphatic carbocycles. The van der Waals surface area contributed by atoms with Crippen LogP contribution in [0.1, 0.15) is 131 Å². The zero-order valence-electron chi connectivity index (χ0n) is 33.9. The van der Waals surface area contributed by atoms with Crippen molar-refractivity contribution in [2.45, 2.75) is 103 Å². The van der Waals surface area contributed by atoms with E-state index in [1.54, 1.807) is 12.1 Å². The predicted octanol–water partition coefficient (Wildman–Crippen LogP) is 11.7. The molecule has 0 spiro atoms. The zero-order chi connectivity index (χ0) is 40.7. The molecule has 1 amide bonds. The number of rotatable bonds is 10. The van der Waals surface area contributed by atoms with E-state index < -0.39 is 63.3 Å². The number of benzene rings is 4. The first-order valence-corrected chi connectivity index (χ1v) is 21.4. The van der Waals surface area contributed by atoms with Gasteiger partial charge < -0.3 is 0 Å². The Balaban J connectivity index is 0.00000620. The fourth-order valence-electron chi connectivity index (χ4n) is 7.75. The maximum absolute atomic E-state index is 15.0. The van der Waals surface area contributed by atoms with Crippen LogP contribution in [0, 0.1) is 29.1 Å². The Hall–Kier alpha value is -3.82. The first-order valence-electron chi connectivity index (χ1n) is 19.4. The number of amides is 1. The van der Waals surface area contributed by atoms with Gasteiger partial charge in [0.15, 0.2) is 0 Å². The fourth-order valence-corrected chi connectivity index (χ4v) is 10.2. The summed E-state index contributed by atoms with van der Waals surface area (Å²) < 4.78 is 81.1. The Morgan fingerprint density at radius 2 is 1.12 bits per heavy atom. The molecule has 0 radical (unpaired) electrons. The van der Waals surface area contributed by atoms with Gasteiger partial charge in [-0.1, -0.05) is 0 Å². The van der Waals surface area contributed by atoms with E-state index in [2.05, 4.69) is 106 Å². The average molecular weight is 898 g/mol. The molecule has 0 aromatic heterocycles. The van der Waals surface area contributed by atoms with E-state index in [-0.39, 0.29) is 53.1 Å². The first-order chi connectivity index (χ1) is 26.6. The molecule has 0 N–H and O–H groups in total. The zero-order valence-corrected chi connectivity index (χ0v) is 36.4. The number of hydrogen-bond acceptors (Lipinski definition) is 4. The van der Waals surface area contributed by atoms with Crippen molar-refractivity contribution in [1.29, 1.82) is 0 Å². The molecular formula is C45H52ClF5N3O2Ru. The average Bonchev–Trinajstić information content (AvgIpc) is 3.60. The van der Waals surface area contributed by atoms with Gasteiger partial charge in [0.05, 0.1) is 0 Å². The van der Waals surface area contributed by atoms with Crippen LogP contribution in [-0.4, -0.2) is 41.0 Å². The largest absolute Gasteiger partial charge is 0.147 e. The van der Waals surface area contributed by atoms with Gasteiger partial charge in [-0.05, 0) is 0 Å². The van der Waals surface area contributed by atoms with Crippen LogP contribution in [0.2, 0.25) is 0 Å². The Labute approximate surface area is 347 Å². The maximum atomic E-state index is 15.0. The van der Waals surface area contributed by atoms with Gasteiger partial charge in [-0.15, -0.1) is 12.4 Å². The molecule has 0 saturated carbocycles. The first kappa shape index (κ1) is 44.3. The minimum atomic E-state index is -2.31. The van der Waals surface area contributed by atoms with Crippen LogP contribution in [-0.2, 0) is 16.7 Å². The third kappa shape index (κ3) is 8.25. The molecule has 1 fully saturated rings. The summed E-state index contributed by atoms with van der Waals surface area (Å²) in [6.07, 6.45) is -0.157. The summed E-state index contributed by atoms with van der Waals surface area (Å²) in [6.45, 7) is 21.2. The fraction of sp³-hybridized carbons (Fsp3) is 0.422. The van der Waals surface area contributed by atoms with Crippen molar-refractivity contribution in [2.75, 3.05) is 34.3 Å². The van der Waals surface area contributed by atoms with Crippen molar-refractivity contribution in [3.63, 3.8) is 0 Å². The van der Waals surface area contributed by atoms with Crippen molar-refractivity contribution in [1.82, 2.24) is 0 Å². The van der Waals surface area contributed by atoms with Crippen LogP contribution in [0.5, 0.6) is 5.75 Å². The Kier molecular flexibility index (Phi) is 14.0. The number of fused-ring (bicyclic) bond motifs is 1. The molecule has 5 nitrogen and oxygen atoms in total. The molecule has 1 unspecified atom stereocenters. The summed E-state index contributed by atoms with van der Waals surface area (Å²) in [5.41, 5.74) is 7.10. The van der Waals surface area contributed by atoms with Crippen LogP contribution in [0.4, 0.5) is 39.0 Å². The van der Waals surface area contributed by atoms with Gasteiger partial charge in [-0.25, -0.2) is 0 Å². The number of halogens is 6. The minimum absolute atomic E-state index is 0. The van der Waals surface area contributed by atoms with Gasteiger partial charge in [0, 0.05) is 0 Å². The van der Waals surface area contributed by atoms with Crippen molar-refractivity contribution in [2.24, 2.45) is 0 Å². The quantitative estimate of drug-likeness (QED) is 0.0688. The van der Waals surface area contributed by atoms with Crippen molar-refractivity contribution < 1.29 is 48.2 Å². The van der Waals surface area contributed by atoms with Crippen LogP contribution in [0.15, 0.2) is 54.6 Å². The van der Waals surface area contributed by atoms with Crippen molar-refractivity contribution in [3.05, 3.63) is 117 Å². The monoisotopic (exact) mass is 898 g/mol. The molecular weight excluding hydrogens is 846 g/mol. The SMILES string of the molecule is CCC1CN(C(=O)c2c(F)c(F)c(F)c(F)c2F)c2cccc(/[CH]=[Ru]/[CH]3N(c4c(C(C)C)cccc4C(C)C)CCN3c3c(C(C)C)cccc3C(C)C)c2O1.Cl. The van der Waals surface area contributed by atoms with Gasteiger partial charge in [0.25, 0.3) is 0 Å². The molecule has 2 heterocycles. The number of nitrogens with zero attached hydrogens (tertiary/aromatic N) is 3. The van der Waals surface area contributed by atoms with E-state index in [1.165, 1.54) is 33.6 Å². The summed E-state index contributed by atoms with van der Waals surface area (Å²) in [6, 6.07) is 18.4. The molecule has 2 aliphatic heterocycles. The molecule has 4 aromatic rings. The van der Waals surface area contributed by atoms with E-state index in [1.807, 2.05) is 13.0 Å². The Morgan fingerprint density at radius 3 is 1.54 bits per heavy atom. The summed E-state index contributed by atoms with van der Waals surface area (Å²) in [7, 11) is 0. The van der Waals surface area contributed by atoms with Gasteiger partial charge in [-0.2, -0.15) is 0 Å². The van der Waals surface area contributed by atoms with Gasteiger partial charge in [0.2, 0.25) is 0 Å². The predicted molar refractivity (Wildman–Crippen MR) is 219 cm³/mol. The van der Waals surface area contributed by atoms with E-state index in [9.17, 15) is 26.7 Å². The summed E-state index contributed by atoms with van der Waals surface area (Å²) in [5, 5.41) is 0. The second-order valence-corrected chi connectivity index (χ2v) is 17.8. The van der Waals surface area contributed by atoms with Gasteiger partial charge >= 0.3 is 336 Å². The van der Waals surface area contributed by atoms with Crippen LogP contribution < -0.4 is 19.4 Å². The Morgan fingerprint density at radius 1 is 0.702 bits per heavy atom. The summed E-state index contributed by atoms with van der Waals surface area (Å²) in [5.74, 6) is -10.8. The normalized spacial score (nSPS) is 16.2. The van der Waals surface area contributed by atoms with Crippen LogP contribution >= 0.6 is 12.4 Å². The number of para-hydroxylation sites is 3. The second-order valence-electron chi connectivity index (χ2n) is 15.8. The summed E-state index contributed by atoms with van der Waals surface area (Å²) >= 11 is -0.615. The van der Waals surface area contributed by atoms with Crippen LogP contribution in [0.25, 0.3) is 0 Å². The molecule has 309 valence electrons. The molecule has 2 aliphatic rings. The van der Waals surface area contributed by atoms with Crippen LogP contribution in [0.3, 0.4) is 0 Å². The number of anilines is 3. The van der Waals surface area contributed by atoms with Crippen molar-refractivity contribution >= 4 is 40.0 Å². The smallest absolute Gasteiger partial charge is 0.147 e. The molecule has 57 heavy (non-hydrogen) atoms. The second kappa shape index (κ2) is 18.0. The van der Waals surface area contributed by atoms with Gasteiger partial charge in [-0.3, -0.25) is 0 Å². The molecule has 1 atom stereocenters. The van der Waals surface area contributed by atoms with E-state index in [0.717, 1.165) is 18.0 Å². The number of hydrogen-bond donors (Lipinski definition) is 0. The topological polar surface area (TPSA) is 36.0 Å². The minimum Gasteiger partial charge on any atom is -0.147 e. The maximum Gasteiger partial charge on any atom is -0.147 e. The van der Waals surface area contributed by atoms with Crippen molar-refractivity contribution in [3.8, 4) is 5.75 Å². The molecule has 0 bridgehead atoms. The summed E-state index contributed by atoms with van der Waals surface area (Å²) in [4.78, 5) is 20.0. The number of carbonyl (C=O) groups excluding carboxylic acids is 1. The standard InChI is InChI=1S/C27H39N2.C18H12F5NO2.ClH.Ru/c1-18(2)22-11-9-12-23(19(3)4)26(22)28-15-16-29(17-28)27-24(20(5)6)13-10-14-25(27)21(7)8;1-3-9-7-24(10-6-4-5-8(2)17(10)26-9)18(25)11-12(19)14(21)16(23)15(22)13(11)20;;/h9-14,17-21H,15-16H2,1-8H3;2,4-6,9H,3,7H2,1H3;1H;. The third-order valence-electron chi connectivity index (χ3n) is 10.7. The third-order valence-corrected chi connectivity index (χ3v) is 13.2. The molecule has 1 saturated heterocycles. The Bertz CT molecular complexity index is 2010. The van der Waals surface area contributed by atoms with E-state index in [4.69, 9.17) is 4.74 Å². The number of ether oxygens (including phenoxy) is 1. The van der Waals surface area contributed by atoms with E-state index in [0.29, 0.717) is 17.7 Å². The van der Waals surface area contributed by atoms with E-state index >= 15 is 0 Å².